The largest absolute Gasteiger partial charge is 0.385 e. The van der Waals surface area contributed by atoms with Crippen LogP contribution in [0, 0.1) is 4.77 Å². The first-order valence-electron chi connectivity index (χ1n) is 6.67. The number of aromatic nitrogens is 2. The molecule has 2 atom stereocenters. The molecule has 2 aromatic rings. The number of rotatable bonds is 5. The van der Waals surface area contributed by atoms with Gasteiger partial charge in [0, 0.05) is 31.8 Å². The summed E-state index contributed by atoms with van der Waals surface area (Å²) in [6.07, 6.45) is 3.52. The van der Waals surface area contributed by atoms with Gasteiger partial charge in [-0.05, 0) is 24.7 Å². The summed E-state index contributed by atoms with van der Waals surface area (Å²) >= 11 is 5.22. The molecule has 1 N–H and O–H groups in total. The second-order valence-electron chi connectivity index (χ2n) is 4.23. The molecule has 0 fully saturated rings. The molecule has 0 saturated heterocycles. The molecule has 0 amide bonds. The van der Waals surface area contributed by atoms with Crippen molar-refractivity contribution >= 4 is 27.7 Å². The van der Waals surface area contributed by atoms with E-state index >= 15 is 0 Å². The molecule has 0 saturated carbocycles. The standard InChI is InChI=1S/C12H13N2OPS.C3H8O/c15-7-11(9-4-2-1-3-5-9)14-10(8-16)6-13-12(14)17;1-3-4-2/h1-7,11H,8,16H2,(H,13,17);3H2,1-2H3. The fourth-order valence-corrected chi connectivity index (χ4v) is 2.42. The van der Waals surface area contributed by atoms with Crippen molar-refractivity contribution in [3.63, 3.8) is 0 Å². The number of aldehydes is 1. The van der Waals surface area contributed by atoms with Crippen molar-refractivity contribution in [2.75, 3.05) is 13.7 Å². The van der Waals surface area contributed by atoms with Crippen LogP contribution in [0.3, 0.4) is 0 Å². The predicted octanol–water partition coefficient (Wildman–Crippen LogP) is 3.36. The molecule has 6 heteroatoms. The molecule has 0 spiro atoms. The summed E-state index contributed by atoms with van der Waals surface area (Å²) in [5.74, 6) is 0. The van der Waals surface area contributed by atoms with Gasteiger partial charge in [-0.3, -0.25) is 0 Å². The van der Waals surface area contributed by atoms with E-state index < -0.39 is 0 Å². The van der Waals surface area contributed by atoms with E-state index in [4.69, 9.17) is 12.2 Å². The van der Waals surface area contributed by atoms with Crippen LogP contribution in [0.1, 0.15) is 24.2 Å². The van der Waals surface area contributed by atoms with Crippen LogP contribution in [-0.4, -0.2) is 29.6 Å². The lowest BCUT2D eigenvalue weighted by Gasteiger charge is -2.15. The maximum atomic E-state index is 11.3. The van der Waals surface area contributed by atoms with E-state index in [0.29, 0.717) is 4.77 Å². The second-order valence-corrected chi connectivity index (χ2v) is 5.02. The molecule has 21 heavy (non-hydrogen) atoms. The van der Waals surface area contributed by atoms with Crippen LogP contribution >= 0.6 is 21.5 Å². The molecule has 1 aromatic carbocycles. The van der Waals surface area contributed by atoms with E-state index in [9.17, 15) is 4.79 Å². The van der Waals surface area contributed by atoms with Crippen molar-refractivity contribution in [2.45, 2.75) is 19.1 Å². The lowest BCUT2D eigenvalue weighted by Crippen LogP contribution is -2.14. The van der Waals surface area contributed by atoms with Crippen molar-refractivity contribution in [2.24, 2.45) is 0 Å². The highest BCUT2D eigenvalue weighted by atomic mass is 32.1. The molecule has 0 aliphatic rings. The maximum Gasteiger partial charge on any atom is 0.178 e. The third kappa shape index (κ3) is 4.88. The molecule has 1 aromatic heterocycles. The summed E-state index contributed by atoms with van der Waals surface area (Å²) < 4.78 is 6.97. The van der Waals surface area contributed by atoms with E-state index in [1.165, 1.54) is 0 Å². The number of carbonyl (C=O) groups is 1. The van der Waals surface area contributed by atoms with Crippen LogP contribution in [-0.2, 0) is 15.7 Å². The zero-order chi connectivity index (χ0) is 15.7. The second kappa shape index (κ2) is 9.61. The normalized spacial score (nSPS) is 11.4. The SMILES string of the molecule is CCOC.O=CC(c1ccccc1)n1c(CP)c[nH]c1=S. The Kier molecular flexibility index (Phi) is 8.13. The minimum atomic E-state index is -0.356. The quantitative estimate of drug-likeness (QED) is 0.521. The number of hydrogen-bond donors (Lipinski definition) is 1. The van der Waals surface area contributed by atoms with Gasteiger partial charge in [-0.25, -0.2) is 0 Å². The van der Waals surface area contributed by atoms with E-state index in [1.807, 2.05) is 48.0 Å². The Balaban J connectivity index is 0.000000491. The maximum absolute atomic E-state index is 11.3. The highest BCUT2D eigenvalue weighted by Gasteiger charge is 2.15. The number of methoxy groups -OCH3 is 1. The Morgan fingerprint density at radius 2 is 2.05 bits per heavy atom. The van der Waals surface area contributed by atoms with E-state index in [1.54, 1.807) is 7.11 Å². The Labute approximate surface area is 132 Å². The lowest BCUT2D eigenvalue weighted by molar-refractivity contribution is -0.109. The van der Waals surface area contributed by atoms with Gasteiger partial charge >= 0.3 is 0 Å². The first-order valence-corrected chi connectivity index (χ1v) is 7.90. The van der Waals surface area contributed by atoms with Crippen molar-refractivity contribution in [3.05, 3.63) is 52.6 Å². The molecule has 0 aliphatic carbocycles. The molecule has 0 radical (unpaired) electrons. The number of aromatic amines is 1. The van der Waals surface area contributed by atoms with Gasteiger partial charge in [0.15, 0.2) is 4.77 Å². The van der Waals surface area contributed by atoms with Crippen LogP contribution in [0.4, 0.5) is 0 Å². The van der Waals surface area contributed by atoms with E-state index in [0.717, 1.165) is 30.3 Å². The molecule has 2 unspecified atom stereocenters. The summed E-state index contributed by atoms with van der Waals surface area (Å²) in [7, 11) is 4.32. The van der Waals surface area contributed by atoms with Gasteiger partial charge in [-0.15, -0.1) is 9.24 Å². The van der Waals surface area contributed by atoms with E-state index in [2.05, 4.69) is 19.0 Å². The number of ether oxygens (including phenoxy) is 1. The van der Waals surface area contributed by atoms with Crippen molar-refractivity contribution in [1.82, 2.24) is 9.55 Å². The first-order chi connectivity index (χ1) is 10.2. The average Bonchev–Trinajstić information content (AvgIpc) is 2.91. The van der Waals surface area contributed by atoms with Crippen LogP contribution in [0.2, 0.25) is 0 Å². The van der Waals surface area contributed by atoms with Crippen molar-refractivity contribution in [3.8, 4) is 0 Å². The molecule has 1 heterocycles. The van der Waals surface area contributed by atoms with Crippen molar-refractivity contribution < 1.29 is 9.53 Å². The Morgan fingerprint density at radius 1 is 1.43 bits per heavy atom. The number of H-pyrrole nitrogens is 1. The number of imidazole rings is 1. The molecular weight excluding hydrogens is 303 g/mol. The molecule has 0 aliphatic heterocycles. The summed E-state index contributed by atoms with van der Waals surface area (Å²) in [5.41, 5.74) is 1.94. The summed E-state index contributed by atoms with van der Waals surface area (Å²) in [6, 6.07) is 9.27. The average molecular weight is 324 g/mol. The van der Waals surface area contributed by atoms with Gasteiger partial charge in [0.2, 0.25) is 0 Å². The zero-order valence-corrected chi connectivity index (χ0v) is 14.3. The zero-order valence-electron chi connectivity index (χ0n) is 12.3. The number of benzene rings is 1. The highest BCUT2D eigenvalue weighted by molar-refractivity contribution is 7.71. The molecule has 114 valence electrons. The summed E-state index contributed by atoms with van der Waals surface area (Å²) in [4.78, 5) is 14.3. The van der Waals surface area contributed by atoms with Crippen LogP contribution < -0.4 is 0 Å². The Hall–Kier alpha value is -1.29. The molecular formula is C15H21N2O2PS. The van der Waals surface area contributed by atoms with E-state index in [-0.39, 0.29) is 6.04 Å². The lowest BCUT2D eigenvalue weighted by atomic mass is 10.1. The first kappa shape index (κ1) is 17.8. The fraction of sp³-hybridized carbons (Fsp3) is 0.333. The van der Waals surface area contributed by atoms with Crippen LogP contribution in [0.15, 0.2) is 36.5 Å². The number of hydrogen-bond acceptors (Lipinski definition) is 3. The fourth-order valence-electron chi connectivity index (χ4n) is 1.82. The third-order valence-corrected chi connectivity index (χ3v) is 3.67. The third-order valence-electron chi connectivity index (χ3n) is 2.94. The molecule has 2 rings (SSSR count). The van der Waals surface area contributed by atoms with Gasteiger partial charge in [0.25, 0.3) is 0 Å². The summed E-state index contributed by atoms with van der Waals surface area (Å²) in [6.45, 7) is 2.78. The highest BCUT2D eigenvalue weighted by Crippen LogP contribution is 2.20. The van der Waals surface area contributed by atoms with Crippen LogP contribution in [0.25, 0.3) is 0 Å². The summed E-state index contributed by atoms with van der Waals surface area (Å²) in [5, 5.41) is 0. The number of carbonyl (C=O) groups excluding carboxylic acids is 1. The molecule has 4 nitrogen and oxygen atoms in total. The van der Waals surface area contributed by atoms with Gasteiger partial charge in [-0.1, -0.05) is 30.3 Å². The van der Waals surface area contributed by atoms with Crippen LogP contribution in [0.5, 0.6) is 0 Å². The van der Waals surface area contributed by atoms with Gasteiger partial charge in [-0.2, -0.15) is 0 Å². The van der Waals surface area contributed by atoms with Gasteiger partial charge in [0.1, 0.15) is 12.3 Å². The Morgan fingerprint density at radius 3 is 2.52 bits per heavy atom. The smallest absolute Gasteiger partial charge is 0.178 e. The predicted molar refractivity (Wildman–Crippen MR) is 91.2 cm³/mol. The number of nitrogens with one attached hydrogen (secondary N) is 1. The van der Waals surface area contributed by atoms with Gasteiger partial charge < -0.3 is 19.1 Å². The molecule has 0 bridgehead atoms. The monoisotopic (exact) mass is 324 g/mol. The Bertz CT molecular complexity index is 593. The van der Waals surface area contributed by atoms with Gasteiger partial charge in [0.05, 0.1) is 0 Å². The minimum absolute atomic E-state index is 0.356. The van der Waals surface area contributed by atoms with Crippen molar-refractivity contribution in [1.29, 1.82) is 0 Å². The topological polar surface area (TPSA) is 47.0 Å². The number of nitrogens with zero attached hydrogens (tertiary/aromatic N) is 1. The minimum Gasteiger partial charge on any atom is -0.385 e.